The highest BCUT2D eigenvalue weighted by molar-refractivity contribution is 6.35. The molecule has 0 fully saturated rings. The van der Waals surface area contributed by atoms with Gasteiger partial charge in [0.15, 0.2) is 6.61 Å². The number of hydrogen-bond acceptors (Lipinski definition) is 5. The summed E-state index contributed by atoms with van der Waals surface area (Å²) in [4.78, 5) is 36.2. The fourth-order valence-corrected chi connectivity index (χ4v) is 3.07. The smallest absolute Gasteiger partial charge is 0.329 e. The monoisotopic (exact) mass is 472 g/mol. The number of nitrogens with zero attached hydrogens (tertiary/aromatic N) is 1. The first-order valence-corrected chi connectivity index (χ1v) is 11.2. The van der Waals surface area contributed by atoms with Gasteiger partial charge in [0.05, 0.1) is 6.21 Å². The van der Waals surface area contributed by atoms with Crippen LogP contribution in [0.5, 0.6) is 5.75 Å². The Morgan fingerprint density at radius 3 is 2.29 bits per heavy atom. The van der Waals surface area contributed by atoms with E-state index >= 15 is 0 Å². The predicted molar refractivity (Wildman–Crippen MR) is 135 cm³/mol. The van der Waals surface area contributed by atoms with E-state index in [-0.39, 0.29) is 19.1 Å². The van der Waals surface area contributed by atoms with Gasteiger partial charge in [-0.3, -0.25) is 14.4 Å². The van der Waals surface area contributed by atoms with E-state index in [1.165, 1.54) is 11.8 Å². The first-order valence-electron chi connectivity index (χ1n) is 11.2. The minimum atomic E-state index is -0.888. The van der Waals surface area contributed by atoms with Gasteiger partial charge in [0.2, 0.25) is 0 Å². The molecule has 3 aromatic carbocycles. The Morgan fingerprint density at radius 1 is 0.886 bits per heavy atom. The van der Waals surface area contributed by atoms with E-state index in [0.29, 0.717) is 22.9 Å². The van der Waals surface area contributed by atoms with E-state index in [4.69, 9.17) is 4.74 Å². The average molecular weight is 473 g/mol. The van der Waals surface area contributed by atoms with Crippen LogP contribution in [-0.2, 0) is 20.9 Å². The van der Waals surface area contributed by atoms with E-state index in [9.17, 15) is 14.4 Å². The summed E-state index contributed by atoms with van der Waals surface area (Å²) in [5, 5.41) is 9.14. The van der Waals surface area contributed by atoms with E-state index in [1.54, 1.807) is 36.4 Å². The molecule has 0 atom stereocenters. The summed E-state index contributed by atoms with van der Waals surface area (Å²) in [7, 11) is 0. The lowest BCUT2D eigenvalue weighted by molar-refractivity contribution is -0.139. The minimum Gasteiger partial charge on any atom is -0.483 e. The van der Waals surface area contributed by atoms with Gasteiger partial charge in [0, 0.05) is 17.8 Å². The number of ether oxygens (including phenoxy) is 1. The molecule has 0 heterocycles. The Bertz CT molecular complexity index is 1180. The van der Waals surface area contributed by atoms with E-state index in [1.807, 2.05) is 42.5 Å². The summed E-state index contributed by atoms with van der Waals surface area (Å²) in [6.07, 6.45) is 1.35. The zero-order chi connectivity index (χ0) is 25.0. The van der Waals surface area contributed by atoms with Crippen LogP contribution in [-0.4, -0.2) is 30.5 Å². The van der Waals surface area contributed by atoms with E-state index in [0.717, 1.165) is 5.56 Å². The first kappa shape index (κ1) is 25.2. The van der Waals surface area contributed by atoms with Gasteiger partial charge in [-0.25, -0.2) is 5.43 Å². The van der Waals surface area contributed by atoms with Crippen molar-refractivity contribution in [1.29, 1.82) is 0 Å². The van der Waals surface area contributed by atoms with Crippen molar-refractivity contribution in [3.63, 3.8) is 0 Å². The summed E-state index contributed by atoms with van der Waals surface area (Å²) in [5.74, 6) is -1.17. The number of hydrogen-bond donors (Lipinski definition) is 3. The maximum Gasteiger partial charge on any atom is 0.329 e. The van der Waals surface area contributed by atoms with Gasteiger partial charge in [-0.1, -0.05) is 68.4 Å². The van der Waals surface area contributed by atoms with Crippen LogP contribution >= 0.6 is 0 Å². The van der Waals surface area contributed by atoms with Crippen LogP contribution in [0, 0.1) is 0 Å². The molecule has 0 saturated carbocycles. The first-order chi connectivity index (χ1) is 16.9. The topological polar surface area (TPSA) is 109 Å². The molecule has 3 amide bonds. The molecule has 3 N–H and O–H groups in total. The van der Waals surface area contributed by atoms with Crippen LogP contribution in [0.1, 0.15) is 36.5 Å². The molecular formula is C27H28N4O4. The number of rotatable bonds is 9. The summed E-state index contributed by atoms with van der Waals surface area (Å²) >= 11 is 0. The Kier molecular flexibility index (Phi) is 9.13. The normalized spacial score (nSPS) is 10.7. The Labute approximate surface area is 204 Å². The van der Waals surface area contributed by atoms with Crippen LogP contribution in [0.3, 0.4) is 0 Å². The van der Waals surface area contributed by atoms with Gasteiger partial charge in [0.25, 0.3) is 5.91 Å². The molecule has 0 aliphatic carbocycles. The predicted octanol–water partition coefficient (Wildman–Crippen LogP) is 3.59. The molecule has 0 aromatic heterocycles. The average Bonchev–Trinajstić information content (AvgIpc) is 2.87. The number of hydrazone groups is 1. The minimum absolute atomic E-state index is 0.202. The summed E-state index contributed by atoms with van der Waals surface area (Å²) < 4.78 is 5.59. The maximum absolute atomic E-state index is 12.1. The molecule has 3 rings (SSSR count). The SMILES string of the molecule is CC(C)c1ccc(CNC(=O)C(=O)N/N=C\c2ccccc2OCC(=O)Nc2ccccc2)cc1. The third-order valence-electron chi connectivity index (χ3n) is 5.01. The lowest BCUT2D eigenvalue weighted by Gasteiger charge is -2.09. The molecule has 0 unspecified atom stereocenters. The van der Waals surface area contributed by atoms with Crippen molar-refractivity contribution < 1.29 is 19.1 Å². The van der Waals surface area contributed by atoms with Crippen molar-refractivity contribution in [2.75, 3.05) is 11.9 Å². The largest absolute Gasteiger partial charge is 0.483 e. The Morgan fingerprint density at radius 2 is 1.57 bits per heavy atom. The zero-order valence-electron chi connectivity index (χ0n) is 19.7. The van der Waals surface area contributed by atoms with Gasteiger partial charge in [-0.2, -0.15) is 5.10 Å². The molecule has 0 saturated heterocycles. The quantitative estimate of drug-likeness (QED) is 0.251. The van der Waals surface area contributed by atoms with Gasteiger partial charge in [-0.15, -0.1) is 0 Å². The third kappa shape index (κ3) is 8.12. The number of nitrogens with one attached hydrogen (secondary N) is 3. The van der Waals surface area contributed by atoms with Gasteiger partial charge >= 0.3 is 11.8 Å². The van der Waals surface area contributed by atoms with E-state index in [2.05, 4.69) is 35.0 Å². The number of anilines is 1. The second-order valence-corrected chi connectivity index (χ2v) is 8.02. The Balaban J connectivity index is 1.47. The molecule has 0 spiro atoms. The molecule has 3 aromatic rings. The van der Waals surface area contributed by atoms with Crippen molar-refractivity contribution in [2.24, 2.45) is 5.10 Å². The number of benzene rings is 3. The molecule has 8 nitrogen and oxygen atoms in total. The zero-order valence-corrected chi connectivity index (χ0v) is 19.7. The Hall–Kier alpha value is -4.46. The van der Waals surface area contributed by atoms with E-state index < -0.39 is 11.8 Å². The van der Waals surface area contributed by atoms with Crippen LogP contribution in [0.25, 0.3) is 0 Å². The molecule has 0 radical (unpaired) electrons. The number of carbonyl (C=O) groups is 3. The van der Waals surface area contributed by atoms with Crippen LogP contribution < -0.4 is 20.8 Å². The van der Waals surface area contributed by atoms with Crippen molar-refractivity contribution >= 4 is 29.6 Å². The fraction of sp³-hybridized carbons (Fsp3) is 0.185. The standard InChI is InChI=1S/C27H28N4O4/c1-19(2)21-14-12-20(13-15-21)16-28-26(33)27(34)31-29-17-22-8-6-7-11-24(22)35-18-25(32)30-23-9-4-3-5-10-23/h3-15,17,19H,16,18H2,1-2H3,(H,28,33)(H,30,32)(H,31,34)/b29-17-. The van der Waals surface area contributed by atoms with Crippen LogP contribution in [0.4, 0.5) is 5.69 Å². The highest BCUT2D eigenvalue weighted by Gasteiger charge is 2.12. The maximum atomic E-state index is 12.1. The van der Waals surface area contributed by atoms with Gasteiger partial charge in [0.1, 0.15) is 5.75 Å². The molecule has 0 aliphatic rings. The third-order valence-corrected chi connectivity index (χ3v) is 5.01. The van der Waals surface area contributed by atoms with Crippen molar-refractivity contribution in [2.45, 2.75) is 26.3 Å². The second-order valence-electron chi connectivity index (χ2n) is 8.02. The van der Waals surface area contributed by atoms with Crippen molar-refractivity contribution in [3.05, 3.63) is 95.6 Å². The van der Waals surface area contributed by atoms with Gasteiger partial charge < -0.3 is 15.4 Å². The highest BCUT2D eigenvalue weighted by Crippen LogP contribution is 2.16. The summed E-state index contributed by atoms with van der Waals surface area (Å²) in [6.45, 7) is 4.24. The summed E-state index contributed by atoms with van der Waals surface area (Å²) in [5.41, 5.74) is 5.50. The van der Waals surface area contributed by atoms with Crippen molar-refractivity contribution in [3.8, 4) is 5.75 Å². The fourth-order valence-electron chi connectivity index (χ4n) is 3.07. The molecule has 35 heavy (non-hydrogen) atoms. The number of carbonyl (C=O) groups excluding carboxylic acids is 3. The number of para-hydroxylation sites is 2. The lowest BCUT2D eigenvalue weighted by Crippen LogP contribution is -2.37. The summed E-state index contributed by atoms with van der Waals surface area (Å²) in [6, 6.07) is 23.8. The molecule has 180 valence electrons. The van der Waals surface area contributed by atoms with Crippen molar-refractivity contribution in [1.82, 2.24) is 10.7 Å². The number of amides is 3. The molecular weight excluding hydrogens is 444 g/mol. The molecule has 0 aliphatic heterocycles. The van der Waals surface area contributed by atoms with Crippen LogP contribution in [0.15, 0.2) is 84.0 Å². The lowest BCUT2D eigenvalue weighted by atomic mass is 10.0. The van der Waals surface area contributed by atoms with Gasteiger partial charge in [-0.05, 0) is 41.3 Å². The molecule has 8 heteroatoms. The van der Waals surface area contributed by atoms with Crippen LogP contribution in [0.2, 0.25) is 0 Å². The highest BCUT2D eigenvalue weighted by atomic mass is 16.5. The molecule has 0 bridgehead atoms. The second kappa shape index (κ2) is 12.7.